The molecule has 0 aromatic heterocycles. The Bertz CT molecular complexity index is 1180. The van der Waals surface area contributed by atoms with Crippen molar-refractivity contribution < 1.29 is 0 Å². The number of likely N-dealkylation sites (N-methyl/N-ethyl adjacent to an activating group) is 1. The summed E-state index contributed by atoms with van der Waals surface area (Å²) in [5, 5.41) is 12.4. The molecule has 0 saturated carbocycles. The Hall–Kier alpha value is -3.32. The maximum absolute atomic E-state index is 8.76. The van der Waals surface area contributed by atoms with Gasteiger partial charge in [-0.3, -0.25) is 9.89 Å². The largest absolute Gasteiger partial charge is 0.398 e. The van der Waals surface area contributed by atoms with Crippen molar-refractivity contribution in [3.05, 3.63) is 107 Å². The second-order valence-electron chi connectivity index (χ2n) is 11.6. The van der Waals surface area contributed by atoms with Crippen molar-refractivity contribution in [2.45, 2.75) is 66.8 Å². The van der Waals surface area contributed by atoms with Crippen molar-refractivity contribution in [1.29, 1.82) is 5.41 Å². The Kier molecular flexibility index (Phi) is 21.2. The molecule has 2 rings (SSSR count). The number of nitrogens with two attached hydrogens (primary N) is 1. The molecule has 45 heavy (non-hydrogen) atoms. The molecule has 1 saturated heterocycles. The molecule has 0 amide bonds. The van der Waals surface area contributed by atoms with Gasteiger partial charge in [0, 0.05) is 75.3 Å². The molecule has 1 heterocycles. The SMILES string of the molecule is CCC.C\C=C/C=C(\C=C\C=C\C(=N)C1=C(C)C(NC/C=C/C=CC(CC)C(/C=C\C)=NC)CC=C1N)CN1CCN(C)CC1. The Labute approximate surface area is 275 Å². The highest BCUT2D eigenvalue weighted by Gasteiger charge is 2.21. The molecule has 6 heteroatoms. The van der Waals surface area contributed by atoms with Crippen LogP contribution in [0.3, 0.4) is 0 Å². The number of hydrogen-bond donors (Lipinski definition) is 3. The summed E-state index contributed by atoms with van der Waals surface area (Å²) in [6.45, 7) is 18.6. The second-order valence-corrected chi connectivity index (χ2v) is 11.6. The molecular weight excluding hydrogens is 552 g/mol. The number of allylic oxidation sites excluding steroid dienone is 12. The number of hydrogen-bond acceptors (Lipinski definition) is 6. The number of nitrogens with zero attached hydrogens (tertiary/aromatic N) is 3. The van der Waals surface area contributed by atoms with Gasteiger partial charge in [0.1, 0.15) is 0 Å². The van der Waals surface area contributed by atoms with Crippen LogP contribution >= 0.6 is 0 Å². The summed E-state index contributed by atoms with van der Waals surface area (Å²) in [6, 6.07) is 0.154. The average Bonchev–Trinajstić information content (AvgIpc) is 3.03. The highest BCUT2D eigenvalue weighted by Crippen LogP contribution is 2.24. The van der Waals surface area contributed by atoms with Crippen LogP contribution in [-0.4, -0.2) is 80.6 Å². The standard InChI is InChI=1S/C36H54N6.C3H8/c1-7-10-17-30(28-42-26-24-41(6)25-27-42)18-13-14-20-32(37)36-29(4)34(22-21-33(36)38)40-23-15-11-12-19-31(9-3)35(39-5)16-8-2;1-3-2/h7-8,10-21,31,34,37,40H,9,22-28,38H2,1-6H3;3H2,1-2H3/b10-7-,15-11+,16-8-,18-13+,19-12?,20-14+,30-17+,37-32?,39-35?;. The normalized spacial score (nSPS) is 20.4. The Morgan fingerprint density at radius 3 is 2.33 bits per heavy atom. The first kappa shape index (κ1) is 39.7. The van der Waals surface area contributed by atoms with Crippen molar-refractivity contribution in [3.8, 4) is 0 Å². The molecule has 2 aliphatic rings. The van der Waals surface area contributed by atoms with Gasteiger partial charge in [-0.25, -0.2) is 0 Å². The van der Waals surface area contributed by atoms with Gasteiger partial charge >= 0.3 is 0 Å². The molecule has 0 spiro atoms. The molecule has 2 atom stereocenters. The van der Waals surface area contributed by atoms with Crippen LogP contribution in [0, 0.1) is 11.3 Å². The number of aliphatic imine (C=N–C) groups is 1. The minimum atomic E-state index is 0.154. The number of nitrogens with one attached hydrogen (secondary N) is 2. The lowest BCUT2D eigenvalue weighted by Gasteiger charge is -2.32. The lowest BCUT2D eigenvalue weighted by Crippen LogP contribution is -2.44. The highest BCUT2D eigenvalue weighted by atomic mass is 15.2. The summed E-state index contributed by atoms with van der Waals surface area (Å²) in [5.74, 6) is 0.324. The maximum atomic E-state index is 8.76. The van der Waals surface area contributed by atoms with Gasteiger partial charge < -0.3 is 21.4 Å². The molecule has 0 aromatic rings. The van der Waals surface area contributed by atoms with Gasteiger partial charge in [-0.1, -0.05) is 100 Å². The fourth-order valence-corrected chi connectivity index (χ4v) is 5.12. The van der Waals surface area contributed by atoms with Gasteiger partial charge in [0.05, 0.1) is 5.71 Å². The molecular formula is C39H62N6. The molecule has 2 unspecified atom stereocenters. The van der Waals surface area contributed by atoms with E-state index in [9.17, 15) is 0 Å². The summed E-state index contributed by atoms with van der Waals surface area (Å²) >= 11 is 0. The quantitative estimate of drug-likeness (QED) is 0.131. The zero-order valence-corrected chi connectivity index (χ0v) is 29.5. The van der Waals surface area contributed by atoms with Gasteiger partial charge in [0.15, 0.2) is 0 Å². The van der Waals surface area contributed by atoms with E-state index >= 15 is 0 Å². The third-order valence-electron chi connectivity index (χ3n) is 7.73. The van der Waals surface area contributed by atoms with Crippen LogP contribution < -0.4 is 11.1 Å². The summed E-state index contributed by atoms with van der Waals surface area (Å²) in [6.07, 6.45) is 32.1. The summed E-state index contributed by atoms with van der Waals surface area (Å²) < 4.78 is 0. The van der Waals surface area contributed by atoms with E-state index in [0.717, 1.165) is 69.0 Å². The van der Waals surface area contributed by atoms with Crippen LogP contribution in [-0.2, 0) is 0 Å². The average molecular weight is 615 g/mol. The lowest BCUT2D eigenvalue weighted by molar-refractivity contribution is 0.165. The lowest BCUT2D eigenvalue weighted by atomic mass is 9.89. The van der Waals surface area contributed by atoms with E-state index in [-0.39, 0.29) is 6.04 Å². The summed E-state index contributed by atoms with van der Waals surface area (Å²) in [5.41, 5.74) is 11.8. The van der Waals surface area contributed by atoms with Crippen LogP contribution in [0.5, 0.6) is 0 Å². The monoisotopic (exact) mass is 615 g/mol. The second kappa shape index (κ2) is 24.0. The predicted molar refractivity (Wildman–Crippen MR) is 200 cm³/mol. The third-order valence-corrected chi connectivity index (χ3v) is 7.73. The van der Waals surface area contributed by atoms with E-state index in [2.05, 4.69) is 110 Å². The first-order valence-corrected chi connectivity index (χ1v) is 16.7. The van der Waals surface area contributed by atoms with E-state index < -0.39 is 0 Å². The molecule has 1 aliphatic heterocycles. The fourth-order valence-electron chi connectivity index (χ4n) is 5.12. The van der Waals surface area contributed by atoms with E-state index in [0.29, 0.717) is 17.3 Å². The molecule has 6 nitrogen and oxygen atoms in total. The van der Waals surface area contributed by atoms with Gasteiger partial charge in [0.2, 0.25) is 0 Å². The minimum absolute atomic E-state index is 0.154. The van der Waals surface area contributed by atoms with E-state index in [1.807, 2.05) is 51.3 Å². The van der Waals surface area contributed by atoms with Gasteiger partial charge in [0.25, 0.3) is 0 Å². The van der Waals surface area contributed by atoms with Crippen molar-refractivity contribution in [2.24, 2.45) is 16.6 Å². The molecule has 1 aliphatic carbocycles. The van der Waals surface area contributed by atoms with Crippen molar-refractivity contribution >= 4 is 11.4 Å². The molecule has 4 N–H and O–H groups in total. The van der Waals surface area contributed by atoms with Crippen molar-refractivity contribution in [2.75, 3.05) is 53.4 Å². The Morgan fingerprint density at radius 2 is 1.71 bits per heavy atom. The summed E-state index contributed by atoms with van der Waals surface area (Å²) in [7, 11) is 4.03. The zero-order chi connectivity index (χ0) is 33.5. The Morgan fingerprint density at radius 1 is 1.02 bits per heavy atom. The minimum Gasteiger partial charge on any atom is -0.398 e. The van der Waals surface area contributed by atoms with E-state index in [4.69, 9.17) is 11.1 Å². The van der Waals surface area contributed by atoms with E-state index in [1.54, 1.807) is 0 Å². The highest BCUT2D eigenvalue weighted by molar-refractivity contribution is 6.10. The molecule has 0 radical (unpaired) electrons. The zero-order valence-electron chi connectivity index (χ0n) is 29.5. The smallest absolute Gasteiger partial charge is 0.0632 e. The van der Waals surface area contributed by atoms with Gasteiger partial charge in [-0.15, -0.1) is 0 Å². The molecule has 1 fully saturated rings. The van der Waals surface area contributed by atoms with E-state index in [1.165, 1.54) is 12.0 Å². The first-order valence-electron chi connectivity index (χ1n) is 16.7. The topological polar surface area (TPSA) is 80.7 Å². The van der Waals surface area contributed by atoms with Crippen LogP contribution in [0.4, 0.5) is 0 Å². The first-order chi connectivity index (χ1) is 21.8. The van der Waals surface area contributed by atoms with Crippen LogP contribution in [0.15, 0.2) is 112 Å². The number of piperazine rings is 1. The van der Waals surface area contributed by atoms with Gasteiger partial charge in [-0.2, -0.15) is 0 Å². The molecule has 0 aromatic carbocycles. The molecule has 0 bridgehead atoms. The fraction of sp³-hybridized carbons (Fsp3) is 0.487. The Balaban J connectivity index is 0.00000324. The molecule has 248 valence electrons. The van der Waals surface area contributed by atoms with Crippen molar-refractivity contribution in [1.82, 2.24) is 15.1 Å². The maximum Gasteiger partial charge on any atom is 0.0632 e. The third kappa shape index (κ3) is 15.5. The number of rotatable bonds is 15. The van der Waals surface area contributed by atoms with Crippen LogP contribution in [0.1, 0.15) is 60.8 Å². The predicted octanol–water partition coefficient (Wildman–Crippen LogP) is 7.59. The van der Waals surface area contributed by atoms with Crippen molar-refractivity contribution in [3.63, 3.8) is 0 Å². The van der Waals surface area contributed by atoms with Crippen LogP contribution in [0.25, 0.3) is 0 Å². The van der Waals surface area contributed by atoms with Gasteiger partial charge in [-0.05, 0) is 64.0 Å². The summed E-state index contributed by atoms with van der Waals surface area (Å²) in [4.78, 5) is 9.28. The van der Waals surface area contributed by atoms with Crippen LogP contribution in [0.2, 0.25) is 0 Å².